The molecule has 8 rings (SSSR count). The summed E-state index contributed by atoms with van der Waals surface area (Å²) in [6.45, 7) is 3.80. The Morgan fingerprint density at radius 2 is 1.47 bits per heavy atom. The molecule has 3 aromatic rings. The zero-order valence-corrected chi connectivity index (χ0v) is 26.5. The third-order valence-electron chi connectivity index (χ3n) is 10.8. The molecule has 0 radical (unpaired) electrons. The number of anilines is 1. The van der Waals surface area contributed by atoms with Gasteiger partial charge in [-0.3, -0.25) is 4.90 Å². The first-order chi connectivity index (χ1) is 21.8. The molecule has 4 atom stereocenters. The summed E-state index contributed by atoms with van der Waals surface area (Å²) in [6.07, 6.45) is 6.67. The van der Waals surface area contributed by atoms with E-state index in [1.165, 1.54) is 24.8 Å². The van der Waals surface area contributed by atoms with Crippen molar-refractivity contribution in [2.45, 2.75) is 82.6 Å². The average molecular weight is 610 g/mol. The van der Waals surface area contributed by atoms with Crippen LogP contribution >= 0.6 is 0 Å². The van der Waals surface area contributed by atoms with Crippen LogP contribution in [0.2, 0.25) is 0 Å². The second-order valence-electron chi connectivity index (χ2n) is 14.4. The van der Waals surface area contributed by atoms with Crippen LogP contribution in [0.1, 0.15) is 80.1 Å². The summed E-state index contributed by atoms with van der Waals surface area (Å²) < 4.78 is 13.3. The number of amides is 2. The first kappa shape index (κ1) is 30.4. The number of benzene rings is 3. The molecule has 1 aliphatic heterocycles. The summed E-state index contributed by atoms with van der Waals surface area (Å²) >= 11 is 0. The highest BCUT2D eigenvalue weighted by atomic mass is 16.7. The van der Waals surface area contributed by atoms with E-state index < -0.39 is 6.29 Å². The lowest BCUT2D eigenvalue weighted by molar-refractivity contribution is -0.276. The van der Waals surface area contributed by atoms with Crippen LogP contribution in [0.15, 0.2) is 78.9 Å². The lowest BCUT2D eigenvalue weighted by Crippen LogP contribution is -2.60. The van der Waals surface area contributed by atoms with Gasteiger partial charge in [-0.1, -0.05) is 73.7 Å². The van der Waals surface area contributed by atoms with Crippen molar-refractivity contribution in [2.75, 3.05) is 18.9 Å². The van der Waals surface area contributed by atoms with Crippen LogP contribution in [0.25, 0.3) is 0 Å². The molecule has 1 heterocycles. The lowest BCUT2D eigenvalue weighted by atomic mass is 9.53. The molecule has 4 aliphatic carbocycles. The number of nitrogens with one attached hydrogen (secondary N) is 2. The maximum atomic E-state index is 13.2. The van der Waals surface area contributed by atoms with E-state index in [4.69, 9.17) is 9.47 Å². The standard InChI is InChI=1S/C38H47N3O4/c1-25-34(23-41(2)22-26-6-4-3-5-7-26)44-36(45-35(25)31-10-8-27(24-42)9-11-31)32-12-14-33(15-13-32)39-37(43)40-38-19-28-16-29(20-38)18-30(17-28)21-38/h3-15,25,28-30,34-36,42H,16-24H2,1-2H3,(H2,39,40,43)/t25-,28?,29?,30?,34+,35+,36+,38?/m1/s1. The predicted molar refractivity (Wildman–Crippen MR) is 175 cm³/mol. The third kappa shape index (κ3) is 6.82. The molecule has 2 amide bonds. The summed E-state index contributed by atoms with van der Waals surface area (Å²) in [4.78, 5) is 15.5. The maximum absolute atomic E-state index is 13.2. The molecule has 7 nitrogen and oxygen atoms in total. The van der Waals surface area contributed by atoms with Crippen molar-refractivity contribution in [1.82, 2.24) is 10.2 Å². The average Bonchev–Trinajstić information content (AvgIpc) is 3.02. The van der Waals surface area contributed by atoms with Gasteiger partial charge in [0, 0.05) is 35.8 Å². The number of carbonyl (C=O) groups excluding carboxylic acids is 1. The zero-order valence-electron chi connectivity index (χ0n) is 26.5. The molecule has 1 saturated heterocycles. The maximum Gasteiger partial charge on any atom is 0.319 e. The largest absolute Gasteiger partial charge is 0.392 e. The summed E-state index contributed by atoms with van der Waals surface area (Å²) in [7, 11) is 2.13. The highest BCUT2D eigenvalue weighted by molar-refractivity contribution is 5.89. The molecule has 3 aromatic carbocycles. The number of aliphatic hydroxyl groups is 1. The molecule has 4 saturated carbocycles. The van der Waals surface area contributed by atoms with Crippen molar-refractivity contribution in [1.29, 1.82) is 0 Å². The van der Waals surface area contributed by atoms with E-state index in [2.05, 4.69) is 65.9 Å². The van der Waals surface area contributed by atoms with E-state index in [1.807, 2.05) is 42.5 Å². The monoisotopic (exact) mass is 609 g/mol. The fourth-order valence-electron chi connectivity index (χ4n) is 8.99. The number of aliphatic hydroxyl groups excluding tert-OH is 1. The van der Waals surface area contributed by atoms with Gasteiger partial charge in [-0.25, -0.2) is 4.79 Å². The Kier molecular flexibility index (Phi) is 8.71. The summed E-state index contributed by atoms with van der Waals surface area (Å²) in [5, 5.41) is 16.1. The van der Waals surface area contributed by atoms with Gasteiger partial charge in [0.1, 0.15) is 0 Å². The second-order valence-corrected chi connectivity index (χ2v) is 14.4. The number of ether oxygens (including phenoxy) is 2. The van der Waals surface area contributed by atoms with E-state index >= 15 is 0 Å². The smallest absolute Gasteiger partial charge is 0.319 e. The molecular formula is C38H47N3O4. The summed E-state index contributed by atoms with van der Waals surface area (Å²) in [5.74, 6) is 2.46. The van der Waals surface area contributed by atoms with Crippen LogP contribution < -0.4 is 10.6 Å². The Labute approximate surface area is 267 Å². The predicted octanol–water partition coefficient (Wildman–Crippen LogP) is 7.19. The molecule has 0 spiro atoms. The molecule has 5 fully saturated rings. The van der Waals surface area contributed by atoms with Gasteiger partial charge in [0.05, 0.1) is 18.8 Å². The molecule has 3 N–H and O–H groups in total. The van der Waals surface area contributed by atoms with Gasteiger partial charge in [0.2, 0.25) is 0 Å². The third-order valence-corrected chi connectivity index (χ3v) is 10.8. The number of urea groups is 1. The second kappa shape index (κ2) is 12.9. The van der Waals surface area contributed by atoms with Crippen LogP contribution in [0.3, 0.4) is 0 Å². The van der Waals surface area contributed by atoms with Crippen molar-refractivity contribution in [3.63, 3.8) is 0 Å². The number of hydrogen-bond acceptors (Lipinski definition) is 5. The molecule has 238 valence electrons. The van der Waals surface area contributed by atoms with Gasteiger partial charge >= 0.3 is 6.03 Å². The Hall–Kier alpha value is -3.23. The van der Waals surface area contributed by atoms with E-state index in [1.54, 1.807) is 0 Å². The Bertz CT molecular complexity index is 1410. The Balaban J connectivity index is 1.04. The van der Waals surface area contributed by atoms with Gasteiger partial charge < -0.3 is 25.2 Å². The number of nitrogens with zero attached hydrogens (tertiary/aromatic N) is 1. The van der Waals surface area contributed by atoms with E-state index in [0.29, 0.717) is 0 Å². The topological polar surface area (TPSA) is 83.1 Å². The van der Waals surface area contributed by atoms with E-state index in [-0.39, 0.29) is 36.3 Å². The SMILES string of the molecule is C[C@@H]1[C@H](CN(C)Cc2ccccc2)O[C@H](c2ccc(NC(=O)NC34CC5CC(CC(C5)C3)C4)cc2)O[C@@H]1c1ccc(CO)cc1. The molecular weight excluding hydrogens is 562 g/mol. The molecule has 0 aromatic heterocycles. The lowest BCUT2D eigenvalue weighted by Gasteiger charge is -2.56. The van der Waals surface area contributed by atoms with Gasteiger partial charge in [0.25, 0.3) is 0 Å². The first-order valence-corrected chi connectivity index (χ1v) is 16.8. The molecule has 45 heavy (non-hydrogen) atoms. The van der Waals surface area contributed by atoms with Crippen LogP contribution in [0.5, 0.6) is 0 Å². The summed E-state index contributed by atoms with van der Waals surface area (Å²) in [6, 6.07) is 26.3. The van der Waals surface area contributed by atoms with Crippen LogP contribution in [-0.4, -0.2) is 41.3 Å². The fraction of sp³-hybridized carbons (Fsp3) is 0.500. The number of rotatable bonds is 9. The van der Waals surface area contributed by atoms with Gasteiger partial charge in [-0.2, -0.15) is 0 Å². The fourth-order valence-corrected chi connectivity index (χ4v) is 8.99. The van der Waals surface area contributed by atoms with Crippen LogP contribution in [0, 0.1) is 23.7 Å². The Morgan fingerprint density at radius 3 is 2.09 bits per heavy atom. The quantitative estimate of drug-likeness (QED) is 0.239. The van der Waals surface area contributed by atoms with E-state index in [9.17, 15) is 9.90 Å². The van der Waals surface area contributed by atoms with Gasteiger partial charge in [-0.15, -0.1) is 0 Å². The van der Waals surface area contributed by atoms with Crippen molar-refractivity contribution in [3.05, 3.63) is 101 Å². The highest BCUT2D eigenvalue weighted by Crippen LogP contribution is 2.55. The molecule has 7 heteroatoms. The summed E-state index contributed by atoms with van der Waals surface area (Å²) in [5.41, 5.74) is 4.88. The molecule has 0 unspecified atom stereocenters. The minimum atomic E-state index is -0.547. The van der Waals surface area contributed by atoms with Crippen LogP contribution in [-0.2, 0) is 22.6 Å². The minimum absolute atomic E-state index is 0.0148. The van der Waals surface area contributed by atoms with E-state index in [0.717, 1.165) is 72.5 Å². The Morgan fingerprint density at radius 1 is 0.844 bits per heavy atom. The normalized spacial score (nSPS) is 32.0. The first-order valence-electron chi connectivity index (χ1n) is 16.8. The number of carbonyl (C=O) groups is 1. The van der Waals surface area contributed by atoms with Crippen molar-refractivity contribution in [3.8, 4) is 0 Å². The number of likely N-dealkylation sites (N-methyl/N-ethyl adjacent to an activating group) is 1. The van der Waals surface area contributed by atoms with Gasteiger partial charge in [0.15, 0.2) is 6.29 Å². The van der Waals surface area contributed by atoms with Crippen molar-refractivity contribution in [2.24, 2.45) is 23.7 Å². The minimum Gasteiger partial charge on any atom is -0.392 e. The molecule has 4 bridgehead atoms. The highest BCUT2D eigenvalue weighted by Gasteiger charge is 2.51. The van der Waals surface area contributed by atoms with Crippen LogP contribution in [0.4, 0.5) is 10.5 Å². The van der Waals surface area contributed by atoms with Crippen molar-refractivity contribution < 1.29 is 19.4 Å². The van der Waals surface area contributed by atoms with Gasteiger partial charge in [-0.05, 0) is 92.1 Å². The number of hydrogen-bond donors (Lipinski definition) is 3. The van der Waals surface area contributed by atoms with Crippen molar-refractivity contribution >= 4 is 11.7 Å². The molecule has 5 aliphatic rings. The zero-order chi connectivity index (χ0) is 31.0.